The number of benzene rings is 2. The van der Waals surface area contributed by atoms with Crippen LogP contribution in [0.1, 0.15) is 33.4 Å². The average Bonchev–Trinajstić information content (AvgIpc) is 3.05. The Morgan fingerprint density at radius 2 is 1.86 bits per heavy atom. The first-order valence-electron chi connectivity index (χ1n) is 8.53. The van der Waals surface area contributed by atoms with Crippen LogP contribution in [0.4, 0.5) is 0 Å². The van der Waals surface area contributed by atoms with Gasteiger partial charge in [0.25, 0.3) is 15.9 Å². The average molecular weight is 400 g/mol. The van der Waals surface area contributed by atoms with Gasteiger partial charge in [-0.1, -0.05) is 30.3 Å². The van der Waals surface area contributed by atoms with Gasteiger partial charge in [-0.15, -0.1) is 4.83 Å². The van der Waals surface area contributed by atoms with E-state index in [4.69, 9.17) is 9.15 Å². The van der Waals surface area contributed by atoms with Crippen molar-refractivity contribution in [3.05, 3.63) is 65.4 Å². The second-order valence-corrected chi connectivity index (χ2v) is 7.74. The maximum absolute atomic E-state index is 12.8. The molecule has 9 heteroatoms. The molecule has 2 aromatic carbocycles. The van der Waals surface area contributed by atoms with Gasteiger partial charge < -0.3 is 9.15 Å². The standard InChI is InChI=1S/C19H16N2O6S/c1-2-26-19(23)17-14(12-7-3-5-9-15(12)27-17)11-21-18(22)13-8-4-6-10-16(13)28(24,25)20-21/h3-10,20H,2,11H2,1H3. The Kier molecular flexibility index (Phi) is 4.40. The number of esters is 1. The monoisotopic (exact) mass is 400 g/mol. The summed E-state index contributed by atoms with van der Waals surface area (Å²) in [5, 5.41) is 1.55. The van der Waals surface area contributed by atoms with Crippen LogP contribution in [0.15, 0.2) is 57.8 Å². The molecule has 0 aliphatic carbocycles. The Morgan fingerprint density at radius 3 is 2.64 bits per heavy atom. The maximum atomic E-state index is 12.8. The van der Waals surface area contributed by atoms with E-state index in [0.717, 1.165) is 5.01 Å². The number of ether oxygens (including phenoxy) is 1. The van der Waals surface area contributed by atoms with Crippen molar-refractivity contribution in [3.8, 4) is 0 Å². The second kappa shape index (κ2) is 6.77. The van der Waals surface area contributed by atoms with Gasteiger partial charge in [-0.2, -0.15) is 0 Å². The molecule has 0 fully saturated rings. The molecule has 0 saturated carbocycles. The minimum Gasteiger partial charge on any atom is -0.460 e. The van der Waals surface area contributed by atoms with Crippen LogP contribution >= 0.6 is 0 Å². The molecule has 0 atom stereocenters. The third-order valence-corrected chi connectivity index (χ3v) is 5.75. The highest BCUT2D eigenvalue weighted by Gasteiger charge is 2.35. The third kappa shape index (κ3) is 2.94. The van der Waals surface area contributed by atoms with E-state index in [1.54, 1.807) is 43.3 Å². The van der Waals surface area contributed by atoms with E-state index in [0.29, 0.717) is 16.5 Å². The number of nitrogens with zero attached hydrogens (tertiary/aromatic N) is 1. The van der Waals surface area contributed by atoms with Crippen LogP contribution < -0.4 is 4.83 Å². The van der Waals surface area contributed by atoms with Crippen LogP contribution in [0, 0.1) is 0 Å². The van der Waals surface area contributed by atoms with E-state index in [2.05, 4.69) is 4.83 Å². The molecule has 1 aromatic heterocycles. The first-order chi connectivity index (χ1) is 13.4. The largest absolute Gasteiger partial charge is 0.460 e. The minimum atomic E-state index is -3.92. The van der Waals surface area contributed by atoms with Gasteiger partial charge in [0.2, 0.25) is 5.76 Å². The zero-order chi connectivity index (χ0) is 19.9. The Balaban J connectivity index is 1.79. The molecular weight excluding hydrogens is 384 g/mol. The Hall–Kier alpha value is -3.17. The lowest BCUT2D eigenvalue weighted by Gasteiger charge is -2.28. The lowest BCUT2D eigenvalue weighted by atomic mass is 10.1. The molecular formula is C19H16N2O6S. The number of hydrogen-bond acceptors (Lipinski definition) is 6. The number of nitrogens with one attached hydrogen (secondary N) is 1. The number of rotatable bonds is 4. The highest BCUT2D eigenvalue weighted by atomic mass is 32.2. The summed E-state index contributed by atoms with van der Waals surface area (Å²) in [7, 11) is -3.92. The molecule has 4 rings (SSSR count). The van der Waals surface area contributed by atoms with Crippen molar-refractivity contribution in [2.75, 3.05) is 6.61 Å². The molecule has 1 aliphatic heterocycles. The van der Waals surface area contributed by atoms with Gasteiger partial charge in [-0.25, -0.2) is 13.2 Å². The van der Waals surface area contributed by atoms with Gasteiger partial charge in [0.1, 0.15) is 5.58 Å². The highest BCUT2D eigenvalue weighted by molar-refractivity contribution is 7.89. The zero-order valence-electron chi connectivity index (χ0n) is 14.8. The number of carbonyl (C=O) groups is 2. The van der Waals surface area contributed by atoms with Crippen LogP contribution in [-0.4, -0.2) is 31.9 Å². The van der Waals surface area contributed by atoms with Crippen molar-refractivity contribution in [3.63, 3.8) is 0 Å². The SMILES string of the molecule is CCOC(=O)c1oc2ccccc2c1CN1NS(=O)(=O)c2ccccc2C1=O. The van der Waals surface area contributed by atoms with E-state index >= 15 is 0 Å². The molecule has 144 valence electrons. The number of carbonyl (C=O) groups excluding carboxylic acids is 2. The number of sulfonamides is 1. The minimum absolute atomic E-state index is 0.0612. The summed E-state index contributed by atoms with van der Waals surface area (Å²) >= 11 is 0. The smallest absolute Gasteiger partial charge is 0.374 e. The Bertz CT molecular complexity index is 1200. The fourth-order valence-electron chi connectivity index (χ4n) is 3.14. The molecule has 2 heterocycles. The van der Waals surface area contributed by atoms with E-state index in [1.165, 1.54) is 12.1 Å². The first-order valence-corrected chi connectivity index (χ1v) is 10.0. The molecule has 0 saturated heterocycles. The van der Waals surface area contributed by atoms with Gasteiger partial charge in [-0.3, -0.25) is 9.80 Å². The van der Waals surface area contributed by atoms with Crippen LogP contribution in [0.5, 0.6) is 0 Å². The number of fused-ring (bicyclic) bond motifs is 2. The van der Waals surface area contributed by atoms with Gasteiger partial charge in [-0.05, 0) is 25.1 Å². The van der Waals surface area contributed by atoms with Crippen LogP contribution in [-0.2, 0) is 21.3 Å². The number of amides is 1. The van der Waals surface area contributed by atoms with E-state index in [9.17, 15) is 18.0 Å². The van der Waals surface area contributed by atoms with E-state index in [1.807, 2.05) is 0 Å². The summed E-state index contributed by atoms with van der Waals surface area (Å²) in [5.74, 6) is -1.26. The quantitative estimate of drug-likeness (QED) is 0.675. The molecule has 0 unspecified atom stereocenters. The van der Waals surface area contributed by atoms with Crippen molar-refractivity contribution >= 4 is 32.9 Å². The molecule has 0 bridgehead atoms. The highest BCUT2D eigenvalue weighted by Crippen LogP contribution is 2.30. The summed E-state index contributed by atoms with van der Waals surface area (Å²) in [5.41, 5.74) is 0.865. The molecule has 8 nitrogen and oxygen atoms in total. The van der Waals surface area contributed by atoms with Gasteiger partial charge in [0.05, 0.1) is 23.6 Å². The number of hydrogen-bond donors (Lipinski definition) is 1. The summed E-state index contributed by atoms with van der Waals surface area (Å²) in [4.78, 5) is 27.3. The van der Waals surface area contributed by atoms with Gasteiger partial charge in [0, 0.05) is 10.9 Å². The predicted octanol–water partition coefficient (Wildman–Crippen LogP) is 2.46. The number of furan rings is 1. The normalized spacial score (nSPS) is 15.5. The van der Waals surface area contributed by atoms with E-state index in [-0.39, 0.29) is 29.4 Å². The third-order valence-electron chi connectivity index (χ3n) is 4.36. The summed E-state index contributed by atoms with van der Waals surface area (Å²) in [6.07, 6.45) is 0. The molecule has 0 radical (unpaired) electrons. The van der Waals surface area contributed by atoms with Crippen molar-refractivity contribution in [1.82, 2.24) is 9.84 Å². The number of hydrazine groups is 1. The second-order valence-electron chi connectivity index (χ2n) is 6.11. The molecule has 0 spiro atoms. The van der Waals surface area contributed by atoms with Crippen molar-refractivity contribution < 1.29 is 27.2 Å². The van der Waals surface area contributed by atoms with Crippen LogP contribution in [0.2, 0.25) is 0 Å². The lowest BCUT2D eigenvalue weighted by Crippen LogP contribution is -2.50. The van der Waals surface area contributed by atoms with Crippen molar-refractivity contribution in [2.24, 2.45) is 0 Å². The molecule has 1 N–H and O–H groups in total. The fourth-order valence-corrected chi connectivity index (χ4v) is 4.38. The van der Waals surface area contributed by atoms with Crippen molar-refractivity contribution in [2.45, 2.75) is 18.4 Å². The molecule has 3 aromatic rings. The van der Waals surface area contributed by atoms with Crippen molar-refractivity contribution in [1.29, 1.82) is 0 Å². The topological polar surface area (TPSA) is 106 Å². The lowest BCUT2D eigenvalue weighted by molar-refractivity contribution is 0.0485. The van der Waals surface area contributed by atoms with Crippen LogP contribution in [0.3, 0.4) is 0 Å². The Labute approximate surface area is 160 Å². The summed E-state index contributed by atoms with van der Waals surface area (Å²) in [6.45, 7) is 1.62. The molecule has 1 aliphatic rings. The van der Waals surface area contributed by atoms with E-state index < -0.39 is 21.9 Å². The van der Waals surface area contributed by atoms with Gasteiger partial charge in [0.15, 0.2) is 0 Å². The number of para-hydroxylation sites is 1. The first kappa shape index (κ1) is 18.2. The Morgan fingerprint density at radius 1 is 1.14 bits per heavy atom. The summed E-state index contributed by atoms with van der Waals surface area (Å²) in [6, 6.07) is 12.9. The predicted molar refractivity (Wildman–Crippen MR) is 98.8 cm³/mol. The van der Waals surface area contributed by atoms with Gasteiger partial charge >= 0.3 is 5.97 Å². The zero-order valence-corrected chi connectivity index (χ0v) is 15.7. The molecule has 28 heavy (non-hydrogen) atoms. The molecule has 1 amide bonds. The fraction of sp³-hybridized carbons (Fsp3) is 0.158. The van der Waals surface area contributed by atoms with Crippen LogP contribution in [0.25, 0.3) is 11.0 Å². The summed E-state index contributed by atoms with van der Waals surface area (Å²) < 4.78 is 35.7. The maximum Gasteiger partial charge on any atom is 0.374 e.